The highest BCUT2D eigenvalue weighted by molar-refractivity contribution is 7.91. The van der Waals surface area contributed by atoms with E-state index in [0.717, 1.165) is 16.9 Å². The van der Waals surface area contributed by atoms with Crippen LogP contribution in [0.25, 0.3) is 10.2 Å². The van der Waals surface area contributed by atoms with Gasteiger partial charge in [-0.1, -0.05) is 17.3 Å². The summed E-state index contributed by atoms with van der Waals surface area (Å²) in [6.45, 7) is -0.933. The van der Waals surface area contributed by atoms with Crippen LogP contribution < -0.4 is 14.6 Å². The molecule has 0 fully saturated rings. The summed E-state index contributed by atoms with van der Waals surface area (Å²) in [6.07, 6.45) is 1.24. The number of Topliss-reactive ketones (excluding diaryl/α,β-unsaturated/α-hetero) is 1. The number of sulfonamides is 1. The van der Waals surface area contributed by atoms with E-state index in [1.807, 2.05) is 0 Å². The van der Waals surface area contributed by atoms with Crippen LogP contribution >= 0.6 is 11.3 Å². The van der Waals surface area contributed by atoms with E-state index in [1.54, 1.807) is 42.5 Å². The number of aromatic nitrogens is 4. The van der Waals surface area contributed by atoms with Crippen molar-refractivity contribution in [1.29, 1.82) is 0 Å². The number of alkyl halides is 1. The van der Waals surface area contributed by atoms with Crippen LogP contribution in [0.4, 0.5) is 4.39 Å². The van der Waals surface area contributed by atoms with Crippen molar-refractivity contribution in [1.82, 2.24) is 20.0 Å². The number of ketones is 1. The number of nitrogens with two attached hydrogens (primary N) is 1. The normalized spacial score (nSPS) is 12.3. The molecular weight excluding hydrogens is 581 g/mol. The van der Waals surface area contributed by atoms with E-state index < -0.39 is 28.6 Å². The van der Waals surface area contributed by atoms with Crippen LogP contribution in [0.1, 0.15) is 17.7 Å². The molecule has 1 atom stereocenters. The lowest BCUT2D eigenvalue weighted by Gasteiger charge is -2.13. The Bertz CT molecular complexity index is 1620. The SMILES string of the molecule is NS(=O)(=O)c1nc2ccc(OCc3cn(CC(=O)C[C@@H](COCc4cccc(OCCF)c4)C(=O)O)nn3)cc2s1. The van der Waals surface area contributed by atoms with E-state index in [1.165, 1.54) is 10.9 Å². The smallest absolute Gasteiger partial charge is 0.309 e. The first kappa shape index (κ1) is 30.0. The number of nitrogens with zero attached hydrogens (tertiary/aromatic N) is 4. The molecule has 218 valence electrons. The molecule has 0 saturated carbocycles. The van der Waals surface area contributed by atoms with Crippen LogP contribution in [0.3, 0.4) is 0 Å². The topological polar surface area (TPSA) is 186 Å². The number of fused-ring (bicyclic) bond motifs is 1. The summed E-state index contributed by atoms with van der Waals surface area (Å²) in [5.41, 5.74) is 1.60. The number of benzene rings is 2. The first-order chi connectivity index (χ1) is 19.6. The molecule has 2 heterocycles. The summed E-state index contributed by atoms with van der Waals surface area (Å²) in [6, 6.07) is 11.7. The summed E-state index contributed by atoms with van der Waals surface area (Å²) in [5, 5.41) is 22.5. The Balaban J connectivity index is 1.25. The number of carboxylic acids is 1. The average molecular weight is 608 g/mol. The van der Waals surface area contributed by atoms with Crippen molar-refractivity contribution in [2.75, 3.05) is 19.9 Å². The number of aliphatic carboxylic acids is 1. The lowest BCUT2D eigenvalue weighted by Crippen LogP contribution is -2.25. The summed E-state index contributed by atoms with van der Waals surface area (Å²) in [5.74, 6) is -1.68. The van der Waals surface area contributed by atoms with Gasteiger partial charge in [0.1, 0.15) is 43.6 Å². The minimum atomic E-state index is -3.91. The Morgan fingerprint density at radius 1 is 1.12 bits per heavy atom. The first-order valence-electron chi connectivity index (χ1n) is 12.2. The Morgan fingerprint density at radius 3 is 2.68 bits per heavy atom. The maximum atomic E-state index is 12.5. The van der Waals surface area contributed by atoms with Crippen molar-refractivity contribution in [3.63, 3.8) is 0 Å². The number of hydrogen-bond acceptors (Lipinski definition) is 11. The van der Waals surface area contributed by atoms with Crippen LogP contribution in [-0.2, 0) is 44.1 Å². The predicted molar refractivity (Wildman–Crippen MR) is 144 cm³/mol. The van der Waals surface area contributed by atoms with Gasteiger partial charge in [0, 0.05) is 6.42 Å². The predicted octanol–water partition coefficient (Wildman–Crippen LogP) is 2.34. The summed E-state index contributed by atoms with van der Waals surface area (Å²) < 4.78 is 53.4. The third kappa shape index (κ3) is 8.75. The zero-order valence-corrected chi connectivity index (χ0v) is 23.1. The maximum Gasteiger partial charge on any atom is 0.309 e. The number of ether oxygens (including phenoxy) is 3. The van der Waals surface area contributed by atoms with Crippen molar-refractivity contribution >= 4 is 43.3 Å². The maximum absolute atomic E-state index is 12.5. The van der Waals surface area contributed by atoms with Gasteiger partial charge in [0.15, 0.2) is 5.78 Å². The molecule has 2 aromatic carbocycles. The molecule has 3 N–H and O–H groups in total. The molecule has 13 nitrogen and oxygen atoms in total. The number of thiazole rings is 1. The van der Waals surface area contributed by atoms with Gasteiger partial charge in [0.2, 0.25) is 4.34 Å². The molecule has 0 saturated heterocycles. The minimum absolute atomic E-state index is 0.0200. The van der Waals surface area contributed by atoms with E-state index in [0.29, 0.717) is 27.4 Å². The van der Waals surface area contributed by atoms with E-state index in [-0.39, 0.29) is 49.5 Å². The fourth-order valence-electron chi connectivity index (χ4n) is 3.67. The number of primary sulfonamides is 1. The third-order valence-corrected chi connectivity index (χ3v) is 7.89. The minimum Gasteiger partial charge on any atom is -0.491 e. The standard InChI is InChI=1S/C25H26FN5O8S2/c26-6-7-38-20-3-1-2-16(8-20)13-37-14-17(24(33)34)9-19(32)12-31-11-18(29-30-31)15-39-21-4-5-22-23(10-21)40-25(28-22)41(27,35)36/h1-5,8,10-11,17H,6-7,9,12-15H2,(H,33,34)(H2,27,35,36)/t17-/m0/s1. The fourth-order valence-corrected chi connectivity index (χ4v) is 5.36. The molecule has 4 rings (SSSR count). The molecule has 0 spiro atoms. The van der Waals surface area contributed by atoms with E-state index in [2.05, 4.69) is 15.3 Å². The molecule has 2 aromatic heterocycles. The second-order valence-corrected chi connectivity index (χ2v) is 11.6. The van der Waals surface area contributed by atoms with Crippen molar-refractivity contribution < 1.29 is 41.7 Å². The Morgan fingerprint density at radius 2 is 1.93 bits per heavy atom. The molecule has 0 aliphatic rings. The summed E-state index contributed by atoms with van der Waals surface area (Å²) >= 11 is 0.923. The quantitative estimate of drug-likeness (QED) is 0.190. The highest BCUT2D eigenvalue weighted by Gasteiger charge is 2.22. The van der Waals surface area contributed by atoms with Gasteiger partial charge >= 0.3 is 5.97 Å². The number of carboxylic acid groups (broad SMARTS) is 1. The van der Waals surface area contributed by atoms with Crippen LogP contribution in [0.2, 0.25) is 0 Å². The van der Waals surface area contributed by atoms with Crippen LogP contribution in [0.15, 0.2) is 53.0 Å². The van der Waals surface area contributed by atoms with Gasteiger partial charge < -0.3 is 19.3 Å². The number of hydrogen-bond donors (Lipinski definition) is 2. The van der Waals surface area contributed by atoms with Gasteiger partial charge in [0.25, 0.3) is 10.0 Å². The largest absolute Gasteiger partial charge is 0.491 e. The second-order valence-electron chi connectivity index (χ2n) is 8.83. The molecule has 0 aliphatic carbocycles. The molecule has 0 unspecified atom stereocenters. The Hall–Kier alpha value is -3.99. The molecule has 0 radical (unpaired) electrons. The third-order valence-electron chi connectivity index (χ3n) is 5.55. The molecule has 16 heteroatoms. The highest BCUT2D eigenvalue weighted by atomic mass is 32.2. The number of rotatable bonds is 16. The summed E-state index contributed by atoms with van der Waals surface area (Å²) in [4.78, 5) is 28.2. The Kier molecular flexibility index (Phi) is 9.93. The van der Waals surface area contributed by atoms with Gasteiger partial charge in [-0.15, -0.1) is 16.4 Å². The molecule has 41 heavy (non-hydrogen) atoms. The van der Waals surface area contributed by atoms with Crippen molar-refractivity contribution in [2.24, 2.45) is 11.1 Å². The van der Waals surface area contributed by atoms with Gasteiger partial charge in [-0.05, 0) is 35.9 Å². The Labute approximate surface area is 237 Å². The van der Waals surface area contributed by atoms with Crippen LogP contribution in [0.5, 0.6) is 11.5 Å². The number of halogens is 1. The molecule has 4 aromatic rings. The first-order valence-corrected chi connectivity index (χ1v) is 14.5. The van der Waals surface area contributed by atoms with E-state index >= 15 is 0 Å². The van der Waals surface area contributed by atoms with Crippen molar-refractivity contribution in [2.45, 2.75) is 30.5 Å². The van der Waals surface area contributed by atoms with Crippen LogP contribution in [-0.4, -0.2) is 65.1 Å². The number of carbonyl (C=O) groups is 2. The lowest BCUT2D eigenvalue weighted by atomic mass is 10.0. The fraction of sp³-hybridized carbons (Fsp3) is 0.320. The van der Waals surface area contributed by atoms with Crippen molar-refractivity contribution in [3.8, 4) is 11.5 Å². The molecule has 0 aliphatic heterocycles. The van der Waals surface area contributed by atoms with Crippen LogP contribution in [0, 0.1) is 5.92 Å². The lowest BCUT2D eigenvalue weighted by molar-refractivity contribution is -0.146. The molecule has 0 bridgehead atoms. The highest BCUT2D eigenvalue weighted by Crippen LogP contribution is 2.28. The summed E-state index contributed by atoms with van der Waals surface area (Å²) in [7, 11) is -3.91. The van der Waals surface area contributed by atoms with Gasteiger partial charge in [-0.2, -0.15) is 0 Å². The van der Waals surface area contributed by atoms with E-state index in [9.17, 15) is 27.5 Å². The average Bonchev–Trinajstić information content (AvgIpc) is 3.57. The monoisotopic (exact) mass is 607 g/mol. The zero-order valence-electron chi connectivity index (χ0n) is 21.5. The van der Waals surface area contributed by atoms with Gasteiger partial charge in [0.05, 0.1) is 35.5 Å². The van der Waals surface area contributed by atoms with Gasteiger partial charge in [-0.3, -0.25) is 9.59 Å². The van der Waals surface area contributed by atoms with E-state index in [4.69, 9.17) is 19.3 Å². The zero-order chi connectivity index (χ0) is 29.4. The molecular formula is C25H26FN5O8S2. The van der Waals surface area contributed by atoms with Crippen molar-refractivity contribution in [3.05, 3.63) is 59.9 Å². The number of carbonyl (C=O) groups excluding carboxylic acids is 1. The molecule has 0 amide bonds. The second kappa shape index (κ2) is 13.6. The van der Waals surface area contributed by atoms with Gasteiger partial charge in [-0.25, -0.2) is 27.6 Å².